The van der Waals surface area contributed by atoms with Gasteiger partial charge in [0.1, 0.15) is 11.6 Å². The summed E-state index contributed by atoms with van der Waals surface area (Å²) >= 11 is 0. The third kappa shape index (κ3) is 0.952. The molecular weight excluding hydrogens is 116 g/mol. The van der Waals surface area contributed by atoms with E-state index < -0.39 is 0 Å². The van der Waals surface area contributed by atoms with Crippen molar-refractivity contribution in [2.75, 3.05) is 13.6 Å². The van der Waals surface area contributed by atoms with Crippen LogP contribution in [-0.4, -0.2) is 24.4 Å². The quantitative estimate of drug-likeness (QED) is 0.442. The Morgan fingerprint density at radius 3 is 2.78 bits per heavy atom. The second kappa shape index (κ2) is 1.96. The molecule has 48 valence electrons. The number of allylic oxidation sites excluding steroid dienone is 1. The van der Waals surface area contributed by atoms with Gasteiger partial charge in [0.2, 0.25) is 0 Å². The van der Waals surface area contributed by atoms with Crippen LogP contribution in [0.15, 0.2) is 17.5 Å². The minimum Gasteiger partial charge on any atom is -0.401 e. The standard InChI is InChI=1S/C6H8N2O/c1-8-3-5(7)2-6(8)4-9/h2H,3,7H2,1H3. The number of likely N-dealkylation sites (N-methyl/N-ethyl adjacent to an activating group) is 1. The maximum absolute atomic E-state index is 10.1. The summed E-state index contributed by atoms with van der Waals surface area (Å²) in [6, 6.07) is 0. The van der Waals surface area contributed by atoms with Crippen molar-refractivity contribution in [1.82, 2.24) is 4.90 Å². The largest absolute Gasteiger partial charge is 0.401 e. The summed E-state index contributed by atoms with van der Waals surface area (Å²) in [5.74, 6) is 1.78. The van der Waals surface area contributed by atoms with Gasteiger partial charge in [-0.2, -0.15) is 0 Å². The van der Waals surface area contributed by atoms with Crippen LogP contribution in [0.1, 0.15) is 0 Å². The van der Waals surface area contributed by atoms with Crippen LogP contribution >= 0.6 is 0 Å². The zero-order valence-electron chi connectivity index (χ0n) is 5.22. The predicted molar refractivity (Wildman–Crippen MR) is 34.1 cm³/mol. The van der Waals surface area contributed by atoms with E-state index in [4.69, 9.17) is 5.73 Å². The first kappa shape index (κ1) is 5.92. The molecule has 0 spiro atoms. The van der Waals surface area contributed by atoms with E-state index in [0.717, 1.165) is 5.70 Å². The summed E-state index contributed by atoms with van der Waals surface area (Å²) < 4.78 is 0. The molecule has 0 saturated heterocycles. The molecule has 0 aromatic heterocycles. The van der Waals surface area contributed by atoms with Gasteiger partial charge in [-0.05, 0) is 6.08 Å². The van der Waals surface area contributed by atoms with Crippen molar-refractivity contribution in [1.29, 1.82) is 0 Å². The molecule has 0 atom stereocenters. The van der Waals surface area contributed by atoms with Gasteiger partial charge in [0.15, 0.2) is 0 Å². The number of nitrogens with two attached hydrogens (primary N) is 1. The van der Waals surface area contributed by atoms with Gasteiger partial charge in [-0.3, -0.25) is 0 Å². The van der Waals surface area contributed by atoms with E-state index in [1.807, 2.05) is 0 Å². The summed E-state index contributed by atoms with van der Waals surface area (Å²) in [6.07, 6.45) is 1.63. The lowest BCUT2D eigenvalue weighted by molar-refractivity contribution is 0.486. The van der Waals surface area contributed by atoms with E-state index in [9.17, 15) is 4.79 Å². The topological polar surface area (TPSA) is 46.3 Å². The first-order valence-corrected chi connectivity index (χ1v) is 2.66. The minimum atomic E-state index is 0.535. The highest BCUT2D eigenvalue weighted by atomic mass is 16.1. The van der Waals surface area contributed by atoms with Gasteiger partial charge in [-0.1, -0.05) is 0 Å². The van der Waals surface area contributed by atoms with Crippen molar-refractivity contribution in [2.45, 2.75) is 0 Å². The summed E-state index contributed by atoms with van der Waals surface area (Å²) in [5.41, 5.74) is 6.66. The molecule has 1 heterocycles. The molecule has 0 unspecified atom stereocenters. The van der Waals surface area contributed by atoms with E-state index >= 15 is 0 Å². The molecule has 2 N–H and O–H groups in total. The maximum atomic E-state index is 10.1. The fraction of sp³-hybridized carbons (Fsp3) is 0.333. The molecule has 0 bridgehead atoms. The van der Waals surface area contributed by atoms with Gasteiger partial charge in [0.05, 0.1) is 6.54 Å². The molecule has 3 nitrogen and oxygen atoms in total. The first-order valence-electron chi connectivity index (χ1n) is 2.66. The van der Waals surface area contributed by atoms with Crippen molar-refractivity contribution in [3.63, 3.8) is 0 Å². The summed E-state index contributed by atoms with van der Waals surface area (Å²) in [7, 11) is 1.80. The number of hydrogen-bond donors (Lipinski definition) is 1. The lowest BCUT2D eigenvalue weighted by atomic mass is 10.4. The molecule has 0 aliphatic carbocycles. The number of nitrogens with zero attached hydrogens (tertiary/aromatic N) is 1. The Hall–Kier alpha value is -1.21. The van der Waals surface area contributed by atoms with E-state index in [1.165, 1.54) is 0 Å². The Morgan fingerprint density at radius 2 is 2.56 bits per heavy atom. The molecule has 3 heteroatoms. The minimum absolute atomic E-state index is 0.535. The van der Waals surface area contributed by atoms with Crippen LogP contribution < -0.4 is 5.73 Å². The van der Waals surface area contributed by atoms with Gasteiger partial charge in [-0.15, -0.1) is 0 Å². The van der Waals surface area contributed by atoms with E-state index in [0.29, 0.717) is 12.2 Å². The number of carbonyl (C=O) groups excluding carboxylic acids is 1. The van der Waals surface area contributed by atoms with Gasteiger partial charge in [-0.25, -0.2) is 4.79 Å². The zero-order chi connectivity index (χ0) is 6.85. The fourth-order valence-corrected chi connectivity index (χ4v) is 0.798. The van der Waals surface area contributed by atoms with Crippen LogP contribution in [-0.2, 0) is 4.79 Å². The van der Waals surface area contributed by atoms with Crippen LogP contribution in [0.3, 0.4) is 0 Å². The molecule has 0 aromatic rings. The highest BCUT2D eigenvalue weighted by Crippen LogP contribution is 2.09. The van der Waals surface area contributed by atoms with Crippen molar-refractivity contribution in [2.24, 2.45) is 5.73 Å². The molecule has 0 radical (unpaired) electrons. The zero-order valence-corrected chi connectivity index (χ0v) is 5.22. The van der Waals surface area contributed by atoms with Crippen LogP contribution in [0.5, 0.6) is 0 Å². The smallest absolute Gasteiger partial charge is 0.150 e. The molecule has 0 amide bonds. The third-order valence-electron chi connectivity index (χ3n) is 1.26. The fourth-order valence-electron chi connectivity index (χ4n) is 0.798. The van der Waals surface area contributed by atoms with Gasteiger partial charge >= 0.3 is 0 Å². The van der Waals surface area contributed by atoms with Gasteiger partial charge in [0.25, 0.3) is 0 Å². The van der Waals surface area contributed by atoms with Gasteiger partial charge in [0, 0.05) is 12.7 Å². The Morgan fingerprint density at radius 1 is 1.89 bits per heavy atom. The summed E-state index contributed by atoms with van der Waals surface area (Å²) in [6.45, 7) is 0.643. The van der Waals surface area contributed by atoms with Crippen LogP contribution in [0.4, 0.5) is 0 Å². The molecule has 0 fully saturated rings. The second-order valence-corrected chi connectivity index (χ2v) is 2.06. The normalized spacial score (nSPS) is 17.7. The van der Waals surface area contributed by atoms with E-state index in [1.54, 1.807) is 24.0 Å². The number of hydrogen-bond acceptors (Lipinski definition) is 3. The molecular formula is C6H8N2O. The average molecular weight is 124 g/mol. The highest BCUT2D eigenvalue weighted by molar-refractivity contribution is 5.58. The maximum Gasteiger partial charge on any atom is 0.150 e. The molecule has 0 aromatic carbocycles. The predicted octanol–water partition coefficient (Wildman–Crippen LogP) is -0.510. The molecule has 0 saturated carbocycles. The van der Waals surface area contributed by atoms with E-state index in [-0.39, 0.29) is 0 Å². The third-order valence-corrected chi connectivity index (χ3v) is 1.26. The Balaban J connectivity index is 2.88. The summed E-state index contributed by atoms with van der Waals surface area (Å²) in [4.78, 5) is 11.8. The van der Waals surface area contributed by atoms with Crippen molar-refractivity contribution >= 4 is 5.94 Å². The summed E-state index contributed by atoms with van der Waals surface area (Å²) in [5, 5.41) is 0. The van der Waals surface area contributed by atoms with Crippen LogP contribution in [0.25, 0.3) is 0 Å². The van der Waals surface area contributed by atoms with Crippen LogP contribution in [0.2, 0.25) is 0 Å². The van der Waals surface area contributed by atoms with Gasteiger partial charge < -0.3 is 10.6 Å². The molecule has 1 aliphatic rings. The monoisotopic (exact) mass is 124 g/mol. The Bertz CT molecular complexity index is 201. The lowest BCUT2D eigenvalue weighted by Crippen LogP contribution is -2.15. The second-order valence-electron chi connectivity index (χ2n) is 2.06. The number of rotatable bonds is 0. The van der Waals surface area contributed by atoms with Crippen molar-refractivity contribution < 1.29 is 4.79 Å². The Labute approximate surface area is 53.4 Å². The Kier molecular flexibility index (Phi) is 1.29. The van der Waals surface area contributed by atoms with Crippen molar-refractivity contribution in [3.05, 3.63) is 17.5 Å². The average Bonchev–Trinajstić information content (AvgIpc) is 2.10. The molecule has 1 aliphatic heterocycles. The van der Waals surface area contributed by atoms with E-state index in [2.05, 4.69) is 0 Å². The molecule has 1 rings (SSSR count). The first-order chi connectivity index (χ1) is 4.24. The van der Waals surface area contributed by atoms with Crippen molar-refractivity contribution in [3.8, 4) is 0 Å². The highest BCUT2D eigenvalue weighted by Gasteiger charge is 2.11. The lowest BCUT2D eigenvalue weighted by Gasteiger charge is -2.07. The SMILES string of the molecule is CN1CC(N)=CC1=C=O. The van der Waals surface area contributed by atoms with Crippen LogP contribution in [0, 0.1) is 0 Å². The molecule has 9 heavy (non-hydrogen) atoms.